The lowest BCUT2D eigenvalue weighted by Crippen LogP contribution is -2.38. The van der Waals surface area contributed by atoms with Crippen LogP contribution in [0.25, 0.3) is 5.65 Å². The Balaban J connectivity index is 1.41. The van der Waals surface area contributed by atoms with Crippen LogP contribution in [0.3, 0.4) is 0 Å². The van der Waals surface area contributed by atoms with Crippen LogP contribution in [0.1, 0.15) is 34.7 Å². The molecule has 2 aromatic heterocycles. The van der Waals surface area contributed by atoms with Crippen molar-refractivity contribution < 1.29 is 13.6 Å². The monoisotopic (exact) mass is 467 g/mol. The van der Waals surface area contributed by atoms with Crippen LogP contribution in [0.15, 0.2) is 60.9 Å². The highest BCUT2D eigenvalue weighted by Gasteiger charge is 2.27. The van der Waals surface area contributed by atoms with Crippen LogP contribution in [0.2, 0.25) is 5.02 Å². The van der Waals surface area contributed by atoms with Crippen molar-refractivity contribution in [3.8, 4) is 0 Å². The van der Waals surface area contributed by atoms with Gasteiger partial charge in [0.15, 0.2) is 5.65 Å². The molecule has 0 bridgehead atoms. The summed E-state index contributed by atoms with van der Waals surface area (Å²) in [6.07, 6.45) is 4.57. The largest absolute Gasteiger partial charge is 0.338 e. The average Bonchev–Trinajstić information content (AvgIpc) is 3.31. The van der Waals surface area contributed by atoms with E-state index in [4.69, 9.17) is 11.6 Å². The van der Waals surface area contributed by atoms with Crippen LogP contribution >= 0.6 is 11.6 Å². The molecule has 1 aliphatic heterocycles. The van der Waals surface area contributed by atoms with E-state index in [1.165, 1.54) is 41.0 Å². The van der Waals surface area contributed by atoms with E-state index >= 15 is 0 Å². The number of carbonyl (C=O) groups excluding carboxylic acids is 1. The predicted octanol–water partition coefficient (Wildman–Crippen LogP) is 5.42. The number of anilines is 2. The lowest BCUT2D eigenvalue weighted by molar-refractivity contribution is 0.0713. The van der Waals surface area contributed by atoms with Crippen LogP contribution in [-0.2, 0) is 0 Å². The minimum atomic E-state index is -0.505. The number of likely N-dealkylation sites (tertiary alicyclic amines) is 1. The van der Waals surface area contributed by atoms with Crippen molar-refractivity contribution in [3.63, 3.8) is 0 Å². The summed E-state index contributed by atoms with van der Waals surface area (Å²) in [5, 5.41) is 7.60. The number of benzene rings is 2. The first-order valence-electron chi connectivity index (χ1n) is 10.6. The van der Waals surface area contributed by atoms with Crippen LogP contribution < -0.4 is 5.32 Å². The maximum atomic E-state index is 14.4. The van der Waals surface area contributed by atoms with Crippen LogP contribution in [0, 0.1) is 11.6 Å². The molecule has 5 rings (SSSR count). The molecule has 0 saturated carbocycles. The number of fused-ring (bicyclic) bond motifs is 1. The first kappa shape index (κ1) is 21.3. The molecule has 168 valence electrons. The van der Waals surface area contributed by atoms with Crippen LogP contribution in [0.4, 0.5) is 20.3 Å². The Bertz CT molecular complexity index is 1320. The maximum absolute atomic E-state index is 14.4. The number of halogens is 3. The predicted molar refractivity (Wildman–Crippen MR) is 122 cm³/mol. The highest BCUT2D eigenvalue weighted by Crippen LogP contribution is 2.31. The van der Waals surface area contributed by atoms with Gasteiger partial charge < -0.3 is 10.2 Å². The van der Waals surface area contributed by atoms with Crippen molar-refractivity contribution in [1.82, 2.24) is 19.5 Å². The molecule has 1 fully saturated rings. The highest BCUT2D eigenvalue weighted by atomic mass is 35.5. The summed E-state index contributed by atoms with van der Waals surface area (Å²) >= 11 is 6.04. The van der Waals surface area contributed by atoms with E-state index in [0.717, 1.165) is 18.4 Å². The second-order valence-corrected chi connectivity index (χ2v) is 8.43. The van der Waals surface area contributed by atoms with Gasteiger partial charge in [0.25, 0.3) is 5.91 Å². The SMILES string of the molecule is O=C(c1cnc2ccnn2c1Nc1cc(Cl)ccc1F)N1CCC(c2ccc(F)cc2)CC1. The Hall–Kier alpha value is -3.52. The van der Waals surface area contributed by atoms with Gasteiger partial charge in [0.1, 0.15) is 23.0 Å². The summed E-state index contributed by atoms with van der Waals surface area (Å²) in [5.74, 6) is -0.405. The average molecular weight is 468 g/mol. The molecule has 6 nitrogen and oxygen atoms in total. The van der Waals surface area contributed by atoms with Gasteiger partial charge in [-0.2, -0.15) is 9.61 Å². The summed E-state index contributed by atoms with van der Waals surface area (Å²) in [4.78, 5) is 19.5. The number of piperidine rings is 1. The Kier molecular flexibility index (Phi) is 5.68. The molecule has 2 aromatic carbocycles. The van der Waals surface area contributed by atoms with Crippen LogP contribution in [-0.4, -0.2) is 38.5 Å². The molecule has 3 heterocycles. The third-order valence-corrected chi connectivity index (χ3v) is 6.19. The van der Waals surface area contributed by atoms with E-state index in [0.29, 0.717) is 29.6 Å². The van der Waals surface area contributed by atoms with Gasteiger partial charge >= 0.3 is 0 Å². The zero-order valence-corrected chi connectivity index (χ0v) is 18.3. The zero-order chi connectivity index (χ0) is 22.9. The molecule has 0 spiro atoms. The topological polar surface area (TPSA) is 62.5 Å². The van der Waals surface area contributed by atoms with Crippen molar-refractivity contribution in [3.05, 3.63) is 88.7 Å². The molecule has 0 radical (unpaired) electrons. The minimum Gasteiger partial charge on any atom is -0.338 e. The van der Waals surface area contributed by atoms with Crippen molar-refractivity contribution in [1.29, 1.82) is 0 Å². The molecule has 1 N–H and O–H groups in total. The normalized spacial score (nSPS) is 14.6. The molecular formula is C24H20ClF2N5O. The summed E-state index contributed by atoms with van der Waals surface area (Å²) in [6.45, 7) is 1.09. The summed E-state index contributed by atoms with van der Waals surface area (Å²) in [7, 11) is 0. The fourth-order valence-corrected chi connectivity index (χ4v) is 4.36. The van der Waals surface area contributed by atoms with Gasteiger partial charge in [-0.3, -0.25) is 4.79 Å². The van der Waals surface area contributed by atoms with Gasteiger partial charge in [-0.25, -0.2) is 13.8 Å². The molecule has 4 aromatic rings. The number of hydrogen-bond donors (Lipinski definition) is 1. The molecule has 1 aliphatic rings. The summed E-state index contributed by atoms with van der Waals surface area (Å²) < 4.78 is 29.1. The molecule has 1 saturated heterocycles. The second-order valence-electron chi connectivity index (χ2n) is 7.99. The smallest absolute Gasteiger partial charge is 0.259 e. The number of carbonyl (C=O) groups is 1. The lowest BCUT2D eigenvalue weighted by atomic mass is 9.89. The molecule has 0 unspecified atom stereocenters. The third kappa shape index (κ3) is 4.26. The number of nitrogens with zero attached hydrogens (tertiary/aromatic N) is 4. The van der Waals surface area contributed by atoms with E-state index in [9.17, 15) is 13.6 Å². The molecule has 0 atom stereocenters. The van der Waals surface area contributed by atoms with E-state index in [1.807, 2.05) is 0 Å². The van der Waals surface area contributed by atoms with Crippen LogP contribution in [0.5, 0.6) is 0 Å². The van der Waals surface area contributed by atoms with Gasteiger partial charge in [-0.05, 0) is 54.7 Å². The standard InChI is InChI=1S/C24H20ClF2N5O/c25-17-3-6-20(27)21(13-17)30-23-19(14-28-22-7-10-29-32(22)23)24(33)31-11-8-16(9-12-31)15-1-4-18(26)5-2-15/h1-7,10,13-14,16,30H,8-9,11-12H2. The third-order valence-electron chi connectivity index (χ3n) is 5.95. The molecule has 0 aliphatic carbocycles. The first-order valence-corrected chi connectivity index (χ1v) is 11.0. The Morgan fingerprint density at radius 2 is 1.82 bits per heavy atom. The van der Waals surface area contributed by atoms with Crippen molar-refractivity contribution in [2.75, 3.05) is 18.4 Å². The van der Waals surface area contributed by atoms with Gasteiger partial charge in [0.05, 0.1) is 11.9 Å². The number of hydrogen-bond acceptors (Lipinski definition) is 4. The van der Waals surface area contributed by atoms with E-state index in [-0.39, 0.29) is 28.9 Å². The van der Waals surface area contributed by atoms with Gasteiger partial charge in [0.2, 0.25) is 0 Å². The quantitative estimate of drug-likeness (QED) is 0.435. The fraction of sp³-hybridized carbons (Fsp3) is 0.208. The Morgan fingerprint density at radius 3 is 2.58 bits per heavy atom. The van der Waals surface area contributed by atoms with Gasteiger partial charge in [0, 0.05) is 30.4 Å². The van der Waals surface area contributed by atoms with Gasteiger partial charge in [-0.15, -0.1) is 0 Å². The number of aromatic nitrogens is 3. The van der Waals surface area contributed by atoms with E-state index in [1.54, 1.807) is 29.3 Å². The Morgan fingerprint density at radius 1 is 1.06 bits per heavy atom. The molecular weight excluding hydrogens is 448 g/mol. The van der Waals surface area contributed by atoms with E-state index in [2.05, 4.69) is 15.4 Å². The number of rotatable bonds is 4. The molecule has 9 heteroatoms. The van der Waals surface area contributed by atoms with Gasteiger partial charge in [-0.1, -0.05) is 23.7 Å². The molecule has 33 heavy (non-hydrogen) atoms. The highest BCUT2D eigenvalue weighted by molar-refractivity contribution is 6.30. The number of amides is 1. The van der Waals surface area contributed by atoms with Crippen molar-refractivity contribution in [2.45, 2.75) is 18.8 Å². The van der Waals surface area contributed by atoms with Crippen molar-refractivity contribution >= 4 is 34.7 Å². The number of nitrogens with one attached hydrogen (secondary N) is 1. The minimum absolute atomic E-state index is 0.134. The second kappa shape index (κ2) is 8.78. The van der Waals surface area contributed by atoms with Crippen molar-refractivity contribution in [2.24, 2.45) is 0 Å². The zero-order valence-electron chi connectivity index (χ0n) is 17.5. The Labute approximate surface area is 193 Å². The first-order chi connectivity index (χ1) is 16.0. The summed E-state index contributed by atoms with van der Waals surface area (Å²) in [6, 6.07) is 12.4. The fourth-order valence-electron chi connectivity index (χ4n) is 4.19. The lowest BCUT2D eigenvalue weighted by Gasteiger charge is -2.32. The summed E-state index contributed by atoms with van der Waals surface area (Å²) in [5.41, 5.74) is 2.01. The van der Waals surface area contributed by atoms with E-state index < -0.39 is 5.82 Å². The maximum Gasteiger partial charge on any atom is 0.259 e. The molecule has 1 amide bonds.